The van der Waals surface area contributed by atoms with Crippen LogP contribution in [-0.2, 0) is 16.0 Å². The van der Waals surface area contributed by atoms with Crippen LogP contribution in [0.25, 0.3) is 11.1 Å². The molecule has 2 N–H and O–H groups in total. The number of benzene rings is 1. The molecule has 1 heterocycles. The SMILES string of the molecule is CS(=O)(=O)c1ccc(-c2c(C(F)(F)F)ccnc2N)c(Br)c1. The summed E-state index contributed by atoms with van der Waals surface area (Å²) >= 11 is 3.10. The van der Waals surface area contributed by atoms with Gasteiger partial charge in [0.15, 0.2) is 9.84 Å². The van der Waals surface area contributed by atoms with E-state index in [2.05, 4.69) is 20.9 Å². The van der Waals surface area contributed by atoms with E-state index in [0.29, 0.717) is 0 Å². The van der Waals surface area contributed by atoms with Crippen molar-refractivity contribution < 1.29 is 21.6 Å². The molecule has 0 unspecified atom stereocenters. The molecule has 9 heteroatoms. The van der Waals surface area contributed by atoms with Crippen LogP contribution in [0.4, 0.5) is 19.0 Å². The highest BCUT2D eigenvalue weighted by molar-refractivity contribution is 9.10. The highest BCUT2D eigenvalue weighted by atomic mass is 79.9. The fraction of sp³-hybridized carbons (Fsp3) is 0.154. The van der Waals surface area contributed by atoms with Crippen LogP contribution in [0.1, 0.15) is 5.56 Å². The van der Waals surface area contributed by atoms with Crippen molar-refractivity contribution in [3.05, 3.63) is 40.5 Å². The van der Waals surface area contributed by atoms with Gasteiger partial charge in [-0.05, 0) is 18.2 Å². The first-order valence-corrected chi connectivity index (χ1v) is 8.52. The Labute approximate surface area is 133 Å². The van der Waals surface area contributed by atoms with Gasteiger partial charge in [0.25, 0.3) is 0 Å². The summed E-state index contributed by atoms with van der Waals surface area (Å²) in [6, 6.07) is 4.55. The van der Waals surface area contributed by atoms with E-state index in [9.17, 15) is 21.6 Å². The summed E-state index contributed by atoms with van der Waals surface area (Å²) in [6.07, 6.45) is -2.63. The minimum absolute atomic E-state index is 0.0147. The van der Waals surface area contributed by atoms with Crippen LogP contribution in [-0.4, -0.2) is 19.7 Å². The molecule has 1 aromatic heterocycles. The second kappa shape index (κ2) is 5.54. The number of nitrogens with zero attached hydrogens (tertiary/aromatic N) is 1. The number of pyridine rings is 1. The molecule has 22 heavy (non-hydrogen) atoms. The molecule has 0 fully saturated rings. The van der Waals surface area contributed by atoms with Gasteiger partial charge in [-0.3, -0.25) is 0 Å². The lowest BCUT2D eigenvalue weighted by atomic mass is 10.0. The number of rotatable bonds is 2. The first-order valence-electron chi connectivity index (χ1n) is 5.83. The molecule has 118 valence electrons. The van der Waals surface area contributed by atoms with E-state index in [1.54, 1.807) is 0 Å². The average molecular weight is 395 g/mol. The lowest BCUT2D eigenvalue weighted by Crippen LogP contribution is -2.10. The van der Waals surface area contributed by atoms with E-state index in [0.717, 1.165) is 18.5 Å². The summed E-state index contributed by atoms with van der Waals surface area (Å²) in [5, 5.41) is 0. The summed E-state index contributed by atoms with van der Waals surface area (Å²) in [5.74, 6) is -0.289. The summed E-state index contributed by atoms with van der Waals surface area (Å²) in [7, 11) is -3.47. The number of sulfone groups is 1. The third-order valence-electron chi connectivity index (χ3n) is 2.92. The molecule has 0 amide bonds. The van der Waals surface area contributed by atoms with Crippen LogP contribution in [0.3, 0.4) is 0 Å². The van der Waals surface area contributed by atoms with Gasteiger partial charge in [0.1, 0.15) is 5.82 Å². The highest BCUT2D eigenvalue weighted by Crippen LogP contribution is 2.42. The molecule has 4 nitrogen and oxygen atoms in total. The van der Waals surface area contributed by atoms with E-state index >= 15 is 0 Å². The van der Waals surface area contributed by atoms with Gasteiger partial charge >= 0.3 is 6.18 Å². The number of alkyl halides is 3. The maximum Gasteiger partial charge on any atom is 0.417 e. The zero-order valence-corrected chi connectivity index (χ0v) is 13.6. The summed E-state index contributed by atoms with van der Waals surface area (Å²) < 4.78 is 62.5. The highest BCUT2D eigenvalue weighted by Gasteiger charge is 2.35. The summed E-state index contributed by atoms with van der Waals surface area (Å²) in [4.78, 5) is 3.67. The third-order valence-corrected chi connectivity index (χ3v) is 4.69. The van der Waals surface area contributed by atoms with Gasteiger partial charge in [0.2, 0.25) is 0 Å². The van der Waals surface area contributed by atoms with E-state index in [1.165, 1.54) is 18.2 Å². The lowest BCUT2D eigenvalue weighted by molar-refractivity contribution is -0.137. The quantitative estimate of drug-likeness (QED) is 0.845. The second-order valence-corrected chi connectivity index (χ2v) is 7.40. The third kappa shape index (κ3) is 3.25. The Kier molecular flexibility index (Phi) is 4.22. The number of anilines is 1. The standard InChI is InChI=1S/C13H10BrF3N2O2S/c1-22(20,21)7-2-3-8(10(14)6-7)11-9(13(15,16)17)4-5-19-12(11)18/h2-6H,1H3,(H2,18,19). The molecule has 0 bridgehead atoms. The molecule has 0 saturated heterocycles. The van der Waals surface area contributed by atoms with Gasteiger partial charge < -0.3 is 5.73 Å². The number of nitrogen functional groups attached to an aromatic ring is 1. The number of aromatic nitrogens is 1. The van der Waals surface area contributed by atoms with Crippen molar-refractivity contribution in [2.75, 3.05) is 12.0 Å². The molecule has 0 aliphatic heterocycles. The molecule has 1 aromatic carbocycles. The Bertz CT molecular complexity index is 836. The summed E-state index contributed by atoms with van der Waals surface area (Å²) in [5.41, 5.74) is 4.48. The zero-order chi connectivity index (χ0) is 16.7. The van der Waals surface area contributed by atoms with Crippen molar-refractivity contribution in [2.24, 2.45) is 0 Å². The smallest absolute Gasteiger partial charge is 0.383 e. The molecule has 0 saturated carbocycles. The van der Waals surface area contributed by atoms with Gasteiger partial charge in [-0.2, -0.15) is 13.2 Å². The van der Waals surface area contributed by atoms with E-state index in [-0.39, 0.29) is 26.3 Å². The normalized spacial score (nSPS) is 12.4. The first-order chi connectivity index (χ1) is 10.0. The Morgan fingerprint density at radius 2 is 1.86 bits per heavy atom. The number of nitrogens with two attached hydrogens (primary N) is 1. The Hall–Kier alpha value is -1.61. The number of hydrogen-bond donors (Lipinski definition) is 1. The van der Waals surface area contributed by atoms with E-state index < -0.39 is 21.6 Å². The van der Waals surface area contributed by atoms with Crippen molar-refractivity contribution in [1.29, 1.82) is 0 Å². The minimum atomic E-state index is -4.61. The molecule has 2 rings (SSSR count). The Morgan fingerprint density at radius 1 is 1.23 bits per heavy atom. The van der Waals surface area contributed by atoms with Crippen molar-refractivity contribution in [3.63, 3.8) is 0 Å². The largest absolute Gasteiger partial charge is 0.417 e. The predicted molar refractivity (Wildman–Crippen MR) is 79.9 cm³/mol. The van der Waals surface area contributed by atoms with Crippen LogP contribution >= 0.6 is 15.9 Å². The monoisotopic (exact) mass is 394 g/mol. The molecule has 2 aromatic rings. The van der Waals surface area contributed by atoms with E-state index in [4.69, 9.17) is 5.73 Å². The van der Waals surface area contributed by atoms with Crippen molar-refractivity contribution in [2.45, 2.75) is 11.1 Å². The average Bonchev–Trinajstić information content (AvgIpc) is 2.36. The fourth-order valence-corrected chi connectivity index (χ4v) is 3.30. The Morgan fingerprint density at radius 3 is 2.36 bits per heavy atom. The molecule has 0 radical (unpaired) electrons. The molecule has 0 aliphatic carbocycles. The molecular formula is C13H10BrF3N2O2S. The van der Waals surface area contributed by atoms with Crippen LogP contribution in [0.5, 0.6) is 0 Å². The van der Waals surface area contributed by atoms with Gasteiger partial charge in [0.05, 0.1) is 10.5 Å². The van der Waals surface area contributed by atoms with E-state index in [1.807, 2.05) is 0 Å². The van der Waals surface area contributed by atoms with Crippen LogP contribution in [0.2, 0.25) is 0 Å². The van der Waals surface area contributed by atoms with Gasteiger partial charge in [-0.15, -0.1) is 0 Å². The molecule has 0 atom stereocenters. The second-order valence-electron chi connectivity index (χ2n) is 4.53. The van der Waals surface area contributed by atoms with Gasteiger partial charge in [-0.25, -0.2) is 13.4 Å². The zero-order valence-electron chi connectivity index (χ0n) is 11.1. The maximum atomic E-state index is 13.1. The molecule has 0 aliphatic rings. The number of halogens is 4. The topological polar surface area (TPSA) is 73.0 Å². The lowest BCUT2D eigenvalue weighted by Gasteiger charge is -2.16. The maximum absolute atomic E-state index is 13.1. The summed E-state index contributed by atoms with van der Waals surface area (Å²) in [6.45, 7) is 0. The van der Waals surface area contributed by atoms with Crippen molar-refractivity contribution in [3.8, 4) is 11.1 Å². The van der Waals surface area contributed by atoms with Crippen LogP contribution in [0.15, 0.2) is 39.8 Å². The molecular weight excluding hydrogens is 385 g/mol. The van der Waals surface area contributed by atoms with Crippen LogP contribution in [0, 0.1) is 0 Å². The van der Waals surface area contributed by atoms with Gasteiger partial charge in [-0.1, -0.05) is 22.0 Å². The fourth-order valence-electron chi connectivity index (χ4n) is 1.93. The molecule has 0 spiro atoms. The first kappa shape index (κ1) is 16.8. The minimum Gasteiger partial charge on any atom is -0.383 e. The van der Waals surface area contributed by atoms with Crippen LogP contribution < -0.4 is 5.73 Å². The van der Waals surface area contributed by atoms with Crippen molar-refractivity contribution >= 4 is 31.6 Å². The number of hydrogen-bond acceptors (Lipinski definition) is 4. The predicted octanol–water partition coefficient (Wildman–Crippen LogP) is 3.52. The van der Waals surface area contributed by atoms with Gasteiger partial charge in [0, 0.05) is 28.1 Å². The Balaban J connectivity index is 2.73. The van der Waals surface area contributed by atoms with Crippen molar-refractivity contribution in [1.82, 2.24) is 4.98 Å².